The summed E-state index contributed by atoms with van der Waals surface area (Å²) in [5.74, 6) is -5.34. The van der Waals surface area contributed by atoms with Crippen molar-refractivity contribution >= 4 is 23.8 Å². The van der Waals surface area contributed by atoms with E-state index in [-0.39, 0.29) is 28.0 Å². The Labute approximate surface area is 242 Å². The number of primary amides is 2. The van der Waals surface area contributed by atoms with Crippen molar-refractivity contribution in [1.29, 1.82) is 0 Å². The van der Waals surface area contributed by atoms with Gasteiger partial charge in [0.25, 0.3) is 0 Å². The van der Waals surface area contributed by atoms with Crippen molar-refractivity contribution in [3.05, 3.63) is 131 Å². The van der Waals surface area contributed by atoms with Gasteiger partial charge in [-0.3, -0.25) is 19.6 Å². The van der Waals surface area contributed by atoms with Crippen LogP contribution in [0.5, 0.6) is 0 Å². The number of aromatic nitrogens is 2. The molecule has 1 radical (unpaired) electrons. The summed E-state index contributed by atoms with van der Waals surface area (Å²) >= 11 is 0. The van der Waals surface area contributed by atoms with Crippen LogP contribution in [-0.2, 0) is 17.1 Å². The van der Waals surface area contributed by atoms with Crippen molar-refractivity contribution in [2.75, 3.05) is 0 Å². The Balaban J connectivity index is -0.000000459. The summed E-state index contributed by atoms with van der Waals surface area (Å²) < 4.78 is 24.8. The van der Waals surface area contributed by atoms with Crippen molar-refractivity contribution in [1.82, 2.24) is 9.97 Å². The molecule has 0 saturated heterocycles. The van der Waals surface area contributed by atoms with Gasteiger partial charge in [-0.05, 0) is 36.4 Å². The number of carboxylic acids is 2. The molecule has 0 bridgehead atoms. The number of carboxylic acid groups (broad SMARTS) is 2. The van der Waals surface area contributed by atoms with Crippen molar-refractivity contribution < 1.29 is 66.2 Å². The predicted octanol–water partition coefficient (Wildman–Crippen LogP) is -0.912. The van der Waals surface area contributed by atoms with Crippen molar-refractivity contribution in [2.45, 2.75) is 0 Å². The van der Waals surface area contributed by atoms with Crippen LogP contribution in [0.3, 0.4) is 0 Å². The number of aromatic carboxylic acids is 2. The van der Waals surface area contributed by atoms with E-state index in [1.807, 2.05) is 0 Å². The van der Waals surface area contributed by atoms with Gasteiger partial charge in [-0.25, -0.2) is 8.78 Å². The molecule has 221 valence electrons. The molecule has 0 atom stereocenters. The van der Waals surface area contributed by atoms with Crippen molar-refractivity contribution in [3.63, 3.8) is 0 Å². The van der Waals surface area contributed by atoms with E-state index in [1.54, 1.807) is 24.3 Å². The molecule has 0 spiro atoms. The predicted molar refractivity (Wildman–Crippen MR) is 134 cm³/mol. The molecule has 12 nitrogen and oxygen atoms in total. The van der Waals surface area contributed by atoms with Crippen LogP contribution in [0.25, 0.3) is 0 Å². The first-order valence-electron chi connectivity index (χ1n) is 10.4. The normalized spacial score (nSPS) is 8.44. The molecule has 0 unspecified atom stereocenters. The number of rotatable bonds is 4. The summed E-state index contributed by atoms with van der Waals surface area (Å²) in [4.78, 5) is 48.4. The van der Waals surface area contributed by atoms with Crippen LogP contribution in [0.1, 0.15) is 41.4 Å². The Bertz CT molecular complexity index is 1260. The molecule has 0 aliphatic heterocycles. The molecule has 0 saturated carbocycles. The van der Waals surface area contributed by atoms with Gasteiger partial charge in [0, 0.05) is 47.0 Å². The zero-order chi connectivity index (χ0) is 28.5. The first kappa shape index (κ1) is 40.4. The quantitative estimate of drug-likeness (QED) is 0.269. The van der Waals surface area contributed by atoms with Gasteiger partial charge < -0.3 is 42.2 Å². The van der Waals surface area contributed by atoms with Gasteiger partial charge in [0.05, 0.1) is 11.9 Å². The Morgan fingerprint density at radius 2 is 0.829 bits per heavy atom. The van der Waals surface area contributed by atoms with Crippen LogP contribution in [-0.4, -0.2) is 44.7 Å². The average Bonchev–Trinajstić information content (AvgIpc) is 2.91. The van der Waals surface area contributed by atoms with Gasteiger partial charge in [0.15, 0.2) is 0 Å². The van der Waals surface area contributed by atoms with Crippen LogP contribution in [0.2, 0.25) is 0 Å². The second-order valence-electron chi connectivity index (χ2n) is 6.73. The largest absolute Gasteiger partial charge is 2.00 e. The van der Waals surface area contributed by atoms with Crippen LogP contribution < -0.4 is 21.7 Å². The molecule has 8 N–H and O–H groups in total. The summed E-state index contributed by atoms with van der Waals surface area (Å²) in [7, 11) is 0. The standard InChI is InChI=1S/2C7H5FO2.2C6H6N2O.Cu.2H2O/c2*8-6-4-2-1-3-5(6)7(9)10;2*7-6(9)5-1-3-8-4-2-5;;;/h2*1-4H,(H,9,10);2*1-4H,(H2,7,9);;2*1H2/q;;;;+2;;/p-2. The minimum Gasteiger partial charge on any atom is -0.545 e. The molecule has 2 heterocycles. The fraction of sp³-hybridized carbons (Fsp3) is 0. The van der Waals surface area contributed by atoms with Crippen LogP contribution >= 0.6 is 0 Å². The first-order chi connectivity index (χ1) is 18.0. The molecule has 41 heavy (non-hydrogen) atoms. The van der Waals surface area contributed by atoms with E-state index in [0.717, 1.165) is 24.3 Å². The van der Waals surface area contributed by atoms with E-state index < -0.39 is 46.5 Å². The molecule has 0 aliphatic rings. The smallest absolute Gasteiger partial charge is 0.545 e. The van der Waals surface area contributed by atoms with E-state index in [0.29, 0.717) is 11.1 Å². The summed E-state index contributed by atoms with van der Waals surface area (Å²) in [6.07, 6.45) is 6.11. The molecule has 0 aliphatic carbocycles. The molecule has 4 rings (SSSR count). The number of benzene rings is 2. The second kappa shape index (κ2) is 21.8. The van der Waals surface area contributed by atoms with E-state index in [2.05, 4.69) is 9.97 Å². The number of carbonyl (C=O) groups is 4. The molecular weight excluding hydrogens is 598 g/mol. The number of nitrogens with two attached hydrogens (primary N) is 2. The Morgan fingerprint density at radius 1 is 0.561 bits per heavy atom. The minimum atomic E-state index is -1.49. The van der Waals surface area contributed by atoms with E-state index >= 15 is 0 Å². The number of amides is 2. The SMILES string of the molecule is NC(=O)c1ccncc1.NC(=O)c1ccncc1.O.O.O=C([O-])c1ccccc1F.O=C([O-])c1ccccc1F.[Cu+2]. The summed E-state index contributed by atoms with van der Waals surface area (Å²) in [6.45, 7) is 0. The van der Waals surface area contributed by atoms with Gasteiger partial charge >= 0.3 is 17.1 Å². The maximum absolute atomic E-state index is 12.4. The number of pyridine rings is 2. The molecule has 0 fully saturated rings. The summed E-state index contributed by atoms with van der Waals surface area (Å²) in [5.41, 5.74) is 10.1. The summed E-state index contributed by atoms with van der Waals surface area (Å²) in [5, 5.41) is 20.1. The third-order valence-corrected chi connectivity index (χ3v) is 4.12. The monoisotopic (exact) mass is 621 g/mol. The Hall–Kier alpha value is -5.08. The summed E-state index contributed by atoms with van der Waals surface area (Å²) in [6, 6.07) is 16.5. The van der Waals surface area contributed by atoms with E-state index in [9.17, 15) is 38.2 Å². The molecule has 2 aromatic carbocycles. The number of nitrogens with zero attached hydrogens (tertiary/aromatic N) is 2. The van der Waals surface area contributed by atoms with Gasteiger partial charge in [-0.1, -0.05) is 36.4 Å². The molecule has 4 aromatic rings. The van der Waals surface area contributed by atoms with Crippen molar-refractivity contribution in [3.8, 4) is 0 Å². The maximum Gasteiger partial charge on any atom is 2.00 e. The van der Waals surface area contributed by atoms with Crippen molar-refractivity contribution in [2.24, 2.45) is 11.5 Å². The second-order valence-corrected chi connectivity index (χ2v) is 6.73. The fourth-order valence-corrected chi connectivity index (χ4v) is 2.29. The average molecular weight is 622 g/mol. The maximum atomic E-state index is 12.4. The number of halogens is 2. The molecule has 2 amide bonds. The minimum absolute atomic E-state index is 0. The number of carbonyl (C=O) groups excluding carboxylic acids is 4. The number of hydrogen-bond donors (Lipinski definition) is 2. The first-order valence-corrected chi connectivity index (χ1v) is 10.4. The Kier molecular flexibility index (Phi) is 21.5. The molecular formula is C26H24CuF2N4O8. The van der Waals surface area contributed by atoms with Crippen LogP contribution in [0.15, 0.2) is 97.6 Å². The molecule has 15 heteroatoms. The van der Waals surface area contributed by atoms with Gasteiger partial charge in [0.1, 0.15) is 11.6 Å². The number of hydrogen-bond acceptors (Lipinski definition) is 8. The molecule has 2 aromatic heterocycles. The van der Waals surface area contributed by atoms with E-state index in [4.69, 9.17) is 11.5 Å². The van der Waals surface area contributed by atoms with Gasteiger partial charge in [0.2, 0.25) is 11.8 Å². The van der Waals surface area contributed by atoms with Gasteiger partial charge in [-0.2, -0.15) is 0 Å². The third-order valence-electron chi connectivity index (χ3n) is 4.12. The zero-order valence-electron chi connectivity index (χ0n) is 20.8. The third kappa shape index (κ3) is 15.8. The topological polar surface area (TPSA) is 255 Å². The van der Waals surface area contributed by atoms with E-state index in [1.165, 1.54) is 49.1 Å². The fourth-order valence-electron chi connectivity index (χ4n) is 2.29. The van der Waals surface area contributed by atoms with Crippen LogP contribution in [0, 0.1) is 11.6 Å². The Morgan fingerprint density at radius 3 is 1.00 bits per heavy atom. The van der Waals surface area contributed by atoms with Crippen LogP contribution in [0.4, 0.5) is 8.78 Å². The van der Waals surface area contributed by atoms with Gasteiger partial charge in [-0.15, -0.1) is 0 Å². The zero-order valence-corrected chi connectivity index (χ0v) is 21.7.